The lowest BCUT2D eigenvalue weighted by Gasteiger charge is -2.03. The summed E-state index contributed by atoms with van der Waals surface area (Å²) in [4.78, 5) is 8.74. The number of rotatable bonds is 3. The van der Waals surface area contributed by atoms with E-state index >= 15 is 0 Å². The lowest BCUT2D eigenvalue weighted by Crippen LogP contribution is -2.10. The highest BCUT2D eigenvalue weighted by molar-refractivity contribution is 7.09. The molecule has 2 aromatic rings. The summed E-state index contributed by atoms with van der Waals surface area (Å²) in [5.74, 6) is 0.770. The zero-order chi connectivity index (χ0) is 11.5. The van der Waals surface area contributed by atoms with Crippen molar-refractivity contribution in [3.8, 4) is 11.3 Å². The van der Waals surface area contributed by atoms with Gasteiger partial charge in [0.2, 0.25) is 0 Å². The fraction of sp³-hybridized carbons (Fsp3) is 0.385. The van der Waals surface area contributed by atoms with Crippen molar-refractivity contribution in [1.82, 2.24) is 15.3 Å². The summed E-state index contributed by atoms with van der Waals surface area (Å²) in [5.41, 5.74) is 2.24. The van der Waals surface area contributed by atoms with E-state index in [-0.39, 0.29) is 0 Å². The normalized spacial score (nSPS) is 19.6. The van der Waals surface area contributed by atoms with E-state index in [1.807, 2.05) is 24.5 Å². The second-order valence-electron chi connectivity index (χ2n) is 4.43. The van der Waals surface area contributed by atoms with Gasteiger partial charge in [0.1, 0.15) is 0 Å². The molecule has 1 N–H and O–H groups in total. The number of aromatic nitrogens is 2. The molecule has 0 aromatic carbocycles. The quantitative estimate of drug-likeness (QED) is 0.902. The number of nitrogens with zero attached hydrogens (tertiary/aromatic N) is 2. The van der Waals surface area contributed by atoms with Gasteiger partial charge in [0.15, 0.2) is 0 Å². The van der Waals surface area contributed by atoms with Crippen molar-refractivity contribution < 1.29 is 0 Å². The SMILES string of the molecule is c1cc(-c2csc(CC3CCNC3)n2)ccn1. The largest absolute Gasteiger partial charge is 0.316 e. The van der Waals surface area contributed by atoms with Crippen molar-refractivity contribution in [3.05, 3.63) is 34.9 Å². The zero-order valence-electron chi connectivity index (χ0n) is 9.60. The van der Waals surface area contributed by atoms with Crippen LogP contribution in [-0.4, -0.2) is 23.1 Å². The van der Waals surface area contributed by atoms with Crippen LogP contribution in [0.3, 0.4) is 0 Å². The first-order valence-electron chi connectivity index (χ1n) is 5.97. The van der Waals surface area contributed by atoms with E-state index in [2.05, 4.69) is 15.7 Å². The van der Waals surface area contributed by atoms with E-state index in [0.29, 0.717) is 0 Å². The molecule has 0 spiro atoms. The monoisotopic (exact) mass is 245 g/mol. The maximum Gasteiger partial charge on any atom is 0.0935 e. The Bertz CT molecular complexity index is 474. The smallest absolute Gasteiger partial charge is 0.0935 e. The first kappa shape index (κ1) is 10.9. The van der Waals surface area contributed by atoms with Crippen molar-refractivity contribution in [1.29, 1.82) is 0 Å². The predicted octanol–water partition coefficient (Wildman–Crippen LogP) is 2.36. The van der Waals surface area contributed by atoms with E-state index in [9.17, 15) is 0 Å². The lowest BCUT2D eigenvalue weighted by molar-refractivity contribution is 0.578. The van der Waals surface area contributed by atoms with E-state index in [4.69, 9.17) is 4.98 Å². The Morgan fingerprint density at radius 2 is 2.24 bits per heavy atom. The fourth-order valence-electron chi connectivity index (χ4n) is 2.20. The van der Waals surface area contributed by atoms with Gasteiger partial charge in [-0.2, -0.15) is 0 Å². The molecule has 0 radical (unpaired) electrons. The fourth-order valence-corrected chi connectivity index (χ4v) is 3.11. The van der Waals surface area contributed by atoms with Crippen molar-refractivity contribution in [3.63, 3.8) is 0 Å². The molecule has 4 heteroatoms. The van der Waals surface area contributed by atoms with Gasteiger partial charge in [-0.1, -0.05) is 0 Å². The molecule has 1 aliphatic heterocycles. The van der Waals surface area contributed by atoms with E-state index in [0.717, 1.165) is 36.7 Å². The molecule has 3 heterocycles. The zero-order valence-corrected chi connectivity index (χ0v) is 10.4. The van der Waals surface area contributed by atoms with Crippen LogP contribution in [0.25, 0.3) is 11.3 Å². The van der Waals surface area contributed by atoms with Gasteiger partial charge in [-0.25, -0.2) is 4.98 Å². The van der Waals surface area contributed by atoms with Gasteiger partial charge in [0.25, 0.3) is 0 Å². The Kier molecular flexibility index (Phi) is 3.16. The molecule has 17 heavy (non-hydrogen) atoms. The summed E-state index contributed by atoms with van der Waals surface area (Å²) < 4.78 is 0. The van der Waals surface area contributed by atoms with Gasteiger partial charge in [0.05, 0.1) is 10.7 Å². The maximum absolute atomic E-state index is 4.71. The van der Waals surface area contributed by atoms with E-state index < -0.39 is 0 Å². The molecule has 2 aromatic heterocycles. The number of hydrogen-bond acceptors (Lipinski definition) is 4. The second-order valence-corrected chi connectivity index (χ2v) is 5.37. The minimum atomic E-state index is 0.770. The third-order valence-corrected chi connectivity index (χ3v) is 4.02. The Hall–Kier alpha value is -1.26. The lowest BCUT2D eigenvalue weighted by atomic mass is 10.1. The Labute approximate surface area is 105 Å². The molecular weight excluding hydrogens is 230 g/mol. The molecule has 0 bridgehead atoms. The van der Waals surface area contributed by atoms with Crippen LogP contribution in [0, 0.1) is 5.92 Å². The summed E-state index contributed by atoms with van der Waals surface area (Å²) in [6.07, 6.45) is 6.03. The van der Waals surface area contributed by atoms with Gasteiger partial charge in [-0.15, -0.1) is 11.3 Å². The molecule has 1 unspecified atom stereocenters. The molecular formula is C13H15N3S. The minimum Gasteiger partial charge on any atom is -0.316 e. The number of thiazole rings is 1. The Morgan fingerprint density at radius 1 is 1.35 bits per heavy atom. The first-order chi connectivity index (χ1) is 8.42. The van der Waals surface area contributed by atoms with Crippen LogP contribution in [0.2, 0.25) is 0 Å². The minimum absolute atomic E-state index is 0.770. The predicted molar refractivity (Wildman–Crippen MR) is 70.0 cm³/mol. The highest BCUT2D eigenvalue weighted by Gasteiger charge is 2.16. The van der Waals surface area contributed by atoms with Gasteiger partial charge in [0, 0.05) is 29.8 Å². The van der Waals surface area contributed by atoms with Gasteiger partial charge >= 0.3 is 0 Å². The Morgan fingerprint density at radius 3 is 3.00 bits per heavy atom. The average Bonchev–Trinajstić information content (AvgIpc) is 3.02. The number of pyridine rings is 1. The van der Waals surface area contributed by atoms with Gasteiger partial charge in [-0.3, -0.25) is 4.98 Å². The van der Waals surface area contributed by atoms with Crippen molar-refractivity contribution in [2.75, 3.05) is 13.1 Å². The second kappa shape index (κ2) is 4.94. The molecule has 0 amide bonds. The molecule has 88 valence electrons. The van der Waals surface area contributed by atoms with E-state index in [1.54, 1.807) is 11.3 Å². The summed E-state index contributed by atoms with van der Waals surface area (Å²) >= 11 is 1.77. The number of nitrogens with one attached hydrogen (secondary N) is 1. The van der Waals surface area contributed by atoms with Crippen molar-refractivity contribution >= 4 is 11.3 Å². The van der Waals surface area contributed by atoms with Crippen LogP contribution in [-0.2, 0) is 6.42 Å². The van der Waals surface area contributed by atoms with Crippen LogP contribution in [0.5, 0.6) is 0 Å². The molecule has 1 aliphatic rings. The van der Waals surface area contributed by atoms with Crippen LogP contribution < -0.4 is 5.32 Å². The van der Waals surface area contributed by atoms with Crippen molar-refractivity contribution in [2.45, 2.75) is 12.8 Å². The molecule has 1 saturated heterocycles. The number of hydrogen-bond donors (Lipinski definition) is 1. The van der Waals surface area contributed by atoms with Gasteiger partial charge < -0.3 is 5.32 Å². The summed E-state index contributed by atoms with van der Waals surface area (Å²) in [6.45, 7) is 2.30. The topological polar surface area (TPSA) is 37.8 Å². The van der Waals surface area contributed by atoms with E-state index in [1.165, 1.54) is 11.4 Å². The molecule has 0 saturated carbocycles. The van der Waals surface area contributed by atoms with Crippen LogP contribution in [0.1, 0.15) is 11.4 Å². The van der Waals surface area contributed by atoms with Gasteiger partial charge in [-0.05, 0) is 37.6 Å². The first-order valence-corrected chi connectivity index (χ1v) is 6.85. The molecule has 1 fully saturated rings. The molecule has 0 aliphatic carbocycles. The molecule has 1 atom stereocenters. The standard InChI is InChI=1S/C13H15N3S/c1-4-15-8-10(1)7-13-16-12(9-17-13)11-2-5-14-6-3-11/h2-3,5-6,9-10,15H,1,4,7-8H2. The maximum atomic E-state index is 4.71. The summed E-state index contributed by atoms with van der Waals surface area (Å²) in [5, 5.41) is 6.80. The van der Waals surface area contributed by atoms with Crippen LogP contribution in [0.4, 0.5) is 0 Å². The molecule has 3 nitrogen and oxygen atoms in total. The van der Waals surface area contributed by atoms with Crippen molar-refractivity contribution in [2.24, 2.45) is 5.92 Å². The third-order valence-electron chi connectivity index (χ3n) is 3.15. The highest BCUT2D eigenvalue weighted by Crippen LogP contribution is 2.24. The van der Waals surface area contributed by atoms with Crippen LogP contribution in [0.15, 0.2) is 29.9 Å². The van der Waals surface area contributed by atoms with Crippen LogP contribution >= 0.6 is 11.3 Å². The third kappa shape index (κ3) is 2.53. The summed E-state index contributed by atoms with van der Waals surface area (Å²) in [7, 11) is 0. The Balaban J connectivity index is 1.74. The average molecular weight is 245 g/mol. The summed E-state index contributed by atoms with van der Waals surface area (Å²) in [6, 6.07) is 4.02. The highest BCUT2D eigenvalue weighted by atomic mass is 32.1. The molecule has 3 rings (SSSR count).